The monoisotopic (exact) mass is 309 g/mol. The van der Waals surface area contributed by atoms with Crippen molar-refractivity contribution in [2.45, 2.75) is 5.51 Å². The van der Waals surface area contributed by atoms with Gasteiger partial charge in [-0.15, -0.1) is 0 Å². The van der Waals surface area contributed by atoms with E-state index < -0.39 is 27.0 Å². The Kier molecular flexibility index (Phi) is 3.70. The zero-order valence-electron chi connectivity index (χ0n) is 7.72. The number of halogens is 5. The van der Waals surface area contributed by atoms with Gasteiger partial charge in [0.2, 0.25) is 0 Å². The second kappa shape index (κ2) is 4.43. The van der Waals surface area contributed by atoms with E-state index in [9.17, 15) is 21.6 Å². The lowest BCUT2D eigenvalue weighted by molar-refractivity contribution is -0.0429. The highest BCUT2D eigenvalue weighted by Crippen LogP contribution is 2.36. The largest absolute Gasteiger partial charge is 0.516 e. The van der Waals surface area contributed by atoms with Crippen molar-refractivity contribution in [2.75, 3.05) is 4.72 Å². The van der Waals surface area contributed by atoms with Crippen LogP contribution in [0.2, 0.25) is 10.0 Å². The summed E-state index contributed by atoms with van der Waals surface area (Å²) >= 11 is 10.8. The lowest BCUT2D eigenvalue weighted by atomic mass is 10.3. The van der Waals surface area contributed by atoms with Gasteiger partial charge in [0.15, 0.2) is 5.75 Å². The average molecular weight is 310 g/mol. The van der Waals surface area contributed by atoms with Crippen LogP contribution in [0.15, 0.2) is 12.1 Å². The quantitative estimate of drug-likeness (QED) is 0.825. The Hall–Kier alpha value is -0.860. The molecular weight excluding hydrogens is 306 g/mol. The summed E-state index contributed by atoms with van der Waals surface area (Å²) in [5, 5.41) is 8.37. The molecule has 17 heavy (non-hydrogen) atoms. The van der Waals surface area contributed by atoms with E-state index in [-0.39, 0.29) is 10.0 Å². The number of hydrogen-bond acceptors (Lipinski definition) is 3. The van der Waals surface area contributed by atoms with Crippen LogP contribution in [0, 0.1) is 0 Å². The fraction of sp³-hybridized carbons (Fsp3) is 0.143. The van der Waals surface area contributed by atoms with Crippen LogP contribution in [-0.2, 0) is 10.0 Å². The number of phenols is 1. The smallest absolute Gasteiger partial charge is 0.505 e. The molecule has 1 aromatic rings. The molecule has 0 bridgehead atoms. The lowest BCUT2D eigenvalue weighted by Gasteiger charge is -2.11. The van der Waals surface area contributed by atoms with Gasteiger partial charge in [-0.25, -0.2) is 0 Å². The highest BCUT2D eigenvalue weighted by atomic mass is 35.5. The zero-order chi connectivity index (χ0) is 13.4. The molecule has 0 amide bonds. The maximum Gasteiger partial charge on any atom is 0.516 e. The molecule has 0 atom stereocenters. The van der Waals surface area contributed by atoms with Gasteiger partial charge >= 0.3 is 15.5 Å². The minimum absolute atomic E-state index is 0.377. The highest BCUT2D eigenvalue weighted by Gasteiger charge is 2.46. The molecule has 0 aliphatic heterocycles. The molecule has 0 heterocycles. The molecule has 0 aliphatic rings. The first-order chi connectivity index (χ1) is 7.54. The minimum atomic E-state index is -5.55. The third-order valence-electron chi connectivity index (χ3n) is 1.57. The molecule has 0 aliphatic carbocycles. The molecule has 96 valence electrons. The fourth-order valence-corrected chi connectivity index (χ4v) is 1.87. The van der Waals surface area contributed by atoms with E-state index in [1.165, 1.54) is 4.72 Å². The predicted molar refractivity (Wildman–Crippen MR) is 56.7 cm³/mol. The van der Waals surface area contributed by atoms with Crippen LogP contribution < -0.4 is 4.72 Å². The summed E-state index contributed by atoms with van der Waals surface area (Å²) in [5.74, 6) is -0.553. The summed E-state index contributed by atoms with van der Waals surface area (Å²) in [6, 6.07) is 1.60. The van der Waals surface area contributed by atoms with E-state index in [1.807, 2.05) is 0 Å². The molecule has 0 radical (unpaired) electrons. The summed E-state index contributed by atoms with van der Waals surface area (Å²) in [5.41, 5.74) is -5.96. The van der Waals surface area contributed by atoms with Crippen molar-refractivity contribution < 1.29 is 26.7 Å². The van der Waals surface area contributed by atoms with Gasteiger partial charge in [-0.1, -0.05) is 23.2 Å². The van der Waals surface area contributed by atoms with Crippen molar-refractivity contribution in [3.05, 3.63) is 22.2 Å². The number of phenolic OH excluding ortho intramolecular Hbond substituents is 1. The van der Waals surface area contributed by atoms with Crippen LogP contribution in [0.5, 0.6) is 5.75 Å². The Morgan fingerprint density at radius 1 is 1.18 bits per heavy atom. The van der Waals surface area contributed by atoms with Gasteiger partial charge in [0.25, 0.3) is 0 Å². The third kappa shape index (κ3) is 3.08. The SMILES string of the molecule is O=S(=O)(Nc1cc(Cl)c(O)c(Cl)c1)C(F)(F)F. The van der Waals surface area contributed by atoms with Crippen LogP contribution in [-0.4, -0.2) is 19.0 Å². The maximum atomic E-state index is 12.0. The minimum Gasteiger partial charge on any atom is -0.505 e. The number of anilines is 1. The van der Waals surface area contributed by atoms with Gasteiger partial charge in [0.05, 0.1) is 15.7 Å². The fourth-order valence-electron chi connectivity index (χ4n) is 0.837. The molecule has 2 N–H and O–H groups in total. The van der Waals surface area contributed by atoms with Crippen molar-refractivity contribution >= 4 is 38.9 Å². The first kappa shape index (κ1) is 14.2. The maximum absolute atomic E-state index is 12.0. The molecule has 0 saturated heterocycles. The van der Waals surface area contributed by atoms with Crippen LogP contribution in [0.4, 0.5) is 18.9 Å². The van der Waals surface area contributed by atoms with Crippen molar-refractivity contribution in [3.8, 4) is 5.75 Å². The molecule has 1 aromatic carbocycles. The lowest BCUT2D eigenvalue weighted by Crippen LogP contribution is -2.29. The van der Waals surface area contributed by atoms with Crippen molar-refractivity contribution in [2.24, 2.45) is 0 Å². The molecule has 10 heteroatoms. The van der Waals surface area contributed by atoms with Crippen LogP contribution >= 0.6 is 23.2 Å². The standard InChI is InChI=1S/C7H4Cl2F3NO3S/c8-4-1-3(2-5(9)6(4)14)13-17(15,16)7(10,11)12/h1-2,13-14H. The predicted octanol–water partition coefficient (Wildman–Crippen LogP) is 2.96. The summed E-state index contributed by atoms with van der Waals surface area (Å²) in [6.07, 6.45) is 0. The summed E-state index contributed by atoms with van der Waals surface area (Å²) in [6.45, 7) is 0. The van der Waals surface area contributed by atoms with Crippen LogP contribution in [0.25, 0.3) is 0 Å². The molecule has 0 saturated carbocycles. The van der Waals surface area contributed by atoms with Gasteiger partial charge in [-0.05, 0) is 12.1 Å². The summed E-state index contributed by atoms with van der Waals surface area (Å²) in [7, 11) is -5.55. The van der Waals surface area contributed by atoms with Gasteiger partial charge in [0, 0.05) is 0 Å². The number of rotatable bonds is 2. The molecule has 0 fully saturated rings. The van der Waals surface area contributed by atoms with E-state index >= 15 is 0 Å². The molecule has 0 spiro atoms. The molecule has 0 unspecified atom stereocenters. The first-order valence-electron chi connectivity index (χ1n) is 3.81. The van der Waals surface area contributed by atoms with Crippen LogP contribution in [0.1, 0.15) is 0 Å². The first-order valence-corrected chi connectivity index (χ1v) is 6.05. The van der Waals surface area contributed by atoms with E-state index in [0.717, 1.165) is 12.1 Å². The second-order valence-corrected chi connectivity index (χ2v) is 5.33. The van der Waals surface area contributed by atoms with Gasteiger partial charge < -0.3 is 5.11 Å². The molecule has 1 rings (SSSR count). The second-order valence-electron chi connectivity index (χ2n) is 2.84. The Morgan fingerprint density at radius 2 is 1.59 bits per heavy atom. The van der Waals surface area contributed by atoms with E-state index in [4.69, 9.17) is 28.3 Å². The van der Waals surface area contributed by atoms with Gasteiger partial charge in [0.1, 0.15) is 0 Å². The van der Waals surface area contributed by atoms with Gasteiger partial charge in [-0.2, -0.15) is 21.6 Å². The van der Waals surface area contributed by atoms with E-state index in [0.29, 0.717) is 0 Å². The Bertz CT molecular complexity index is 521. The number of hydrogen-bond donors (Lipinski definition) is 2. The third-order valence-corrected chi connectivity index (χ3v) is 3.26. The topological polar surface area (TPSA) is 66.4 Å². The van der Waals surface area contributed by atoms with Gasteiger partial charge in [-0.3, -0.25) is 4.72 Å². The van der Waals surface area contributed by atoms with Crippen molar-refractivity contribution in [3.63, 3.8) is 0 Å². The number of aromatic hydroxyl groups is 1. The molecule has 0 aromatic heterocycles. The average Bonchev–Trinajstić information content (AvgIpc) is 2.11. The normalized spacial score (nSPS) is 12.5. The van der Waals surface area contributed by atoms with E-state index in [2.05, 4.69) is 0 Å². The molecule has 4 nitrogen and oxygen atoms in total. The Morgan fingerprint density at radius 3 is 1.94 bits per heavy atom. The summed E-state index contributed by atoms with van der Waals surface area (Å²) < 4.78 is 58.8. The number of alkyl halides is 3. The Balaban J connectivity index is 3.14. The van der Waals surface area contributed by atoms with Crippen molar-refractivity contribution in [1.29, 1.82) is 0 Å². The Labute approximate surface area is 104 Å². The van der Waals surface area contributed by atoms with Crippen LogP contribution in [0.3, 0.4) is 0 Å². The highest BCUT2D eigenvalue weighted by molar-refractivity contribution is 7.93. The van der Waals surface area contributed by atoms with E-state index in [1.54, 1.807) is 0 Å². The summed E-state index contributed by atoms with van der Waals surface area (Å²) in [4.78, 5) is 0. The molecular formula is C7H4Cl2F3NO3S. The number of benzene rings is 1. The number of sulfonamides is 1. The number of nitrogens with one attached hydrogen (secondary N) is 1. The zero-order valence-corrected chi connectivity index (χ0v) is 10.0. The van der Waals surface area contributed by atoms with Crippen molar-refractivity contribution in [1.82, 2.24) is 0 Å².